The van der Waals surface area contributed by atoms with E-state index >= 15 is 0 Å². The van der Waals surface area contributed by atoms with E-state index in [0.29, 0.717) is 0 Å². The zero-order chi connectivity index (χ0) is 14.8. The lowest BCUT2D eigenvalue weighted by Crippen LogP contribution is -1.99. The van der Waals surface area contributed by atoms with Gasteiger partial charge in [0.1, 0.15) is 19.0 Å². The Morgan fingerprint density at radius 2 is 2.19 bits per heavy atom. The first-order valence-electron chi connectivity index (χ1n) is 5.86. The maximum atomic E-state index is 13.4. The Morgan fingerprint density at radius 1 is 1.38 bits per heavy atom. The second-order valence-electron chi connectivity index (χ2n) is 4.06. The average molecular weight is 289 g/mol. The molecule has 0 amide bonds. The van der Waals surface area contributed by atoms with Crippen LogP contribution in [0.5, 0.6) is 5.75 Å². The van der Waals surface area contributed by atoms with Crippen LogP contribution in [0.1, 0.15) is 5.82 Å². The number of hydrogen-bond acceptors (Lipinski definition) is 6. The highest BCUT2D eigenvalue weighted by molar-refractivity contribution is 5.33. The van der Waals surface area contributed by atoms with Crippen molar-refractivity contribution >= 4 is 11.5 Å². The molecule has 0 atom stereocenters. The summed E-state index contributed by atoms with van der Waals surface area (Å²) in [6.45, 7) is -0.0713. The zero-order valence-corrected chi connectivity index (χ0v) is 10.5. The number of benzene rings is 1. The van der Waals surface area contributed by atoms with E-state index in [1.54, 1.807) is 12.1 Å². The fraction of sp³-hybridized carbons (Fsp3) is 0.0833. The summed E-state index contributed by atoms with van der Waals surface area (Å²) in [5, 5.41) is 14.6. The number of para-hydroxylation sites is 1. The van der Waals surface area contributed by atoms with Crippen molar-refractivity contribution < 1.29 is 14.1 Å². The summed E-state index contributed by atoms with van der Waals surface area (Å²) >= 11 is 0. The Labute approximate surface area is 117 Å². The molecule has 3 rings (SSSR count). The van der Waals surface area contributed by atoms with E-state index in [2.05, 4.69) is 15.1 Å². The maximum Gasteiger partial charge on any atom is 0.305 e. The van der Waals surface area contributed by atoms with E-state index in [9.17, 15) is 14.5 Å². The number of aromatic nitrogens is 4. The van der Waals surface area contributed by atoms with Crippen LogP contribution in [0.3, 0.4) is 0 Å². The van der Waals surface area contributed by atoms with Crippen LogP contribution in [-0.4, -0.2) is 24.5 Å². The van der Waals surface area contributed by atoms with E-state index in [4.69, 9.17) is 4.74 Å². The SMILES string of the molecule is O=[N+]([O-])c1cnc2nc(COc3ccccc3F)nn2c1. The van der Waals surface area contributed by atoms with Crippen LogP contribution in [0, 0.1) is 15.9 Å². The Hall–Kier alpha value is -3.10. The van der Waals surface area contributed by atoms with E-state index in [0.717, 1.165) is 6.20 Å². The van der Waals surface area contributed by atoms with Gasteiger partial charge in [-0.1, -0.05) is 12.1 Å². The lowest BCUT2D eigenvalue weighted by Gasteiger charge is -2.03. The Kier molecular flexibility index (Phi) is 3.14. The van der Waals surface area contributed by atoms with Crippen molar-refractivity contribution in [3.8, 4) is 5.75 Å². The second-order valence-corrected chi connectivity index (χ2v) is 4.06. The lowest BCUT2D eigenvalue weighted by atomic mass is 10.3. The smallest absolute Gasteiger partial charge is 0.305 e. The molecule has 0 spiro atoms. The summed E-state index contributed by atoms with van der Waals surface area (Å²) in [5.74, 6) is 0.0318. The van der Waals surface area contributed by atoms with Gasteiger partial charge in [-0.05, 0) is 12.1 Å². The summed E-state index contributed by atoms with van der Waals surface area (Å²) in [5.41, 5.74) is -0.200. The largest absolute Gasteiger partial charge is 0.482 e. The Balaban J connectivity index is 1.82. The van der Waals surface area contributed by atoms with Crippen molar-refractivity contribution in [3.63, 3.8) is 0 Å². The molecule has 0 bridgehead atoms. The van der Waals surface area contributed by atoms with Crippen LogP contribution in [0.2, 0.25) is 0 Å². The zero-order valence-electron chi connectivity index (χ0n) is 10.5. The van der Waals surface area contributed by atoms with Gasteiger partial charge in [0.2, 0.25) is 0 Å². The molecule has 21 heavy (non-hydrogen) atoms. The van der Waals surface area contributed by atoms with Gasteiger partial charge in [-0.2, -0.15) is 9.50 Å². The molecule has 0 aliphatic heterocycles. The van der Waals surface area contributed by atoms with Crippen molar-refractivity contribution in [1.82, 2.24) is 19.6 Å². The molecule has 0 N–H and O–H groups in total. The molecular weight excluding hydrogens is 281 g/mol. The van der Waals surface area contributed by atoms with Gasteiger partial charge in [-0.15, -0.1) is 5.10 Å². The monoisotopic (exact) mass is 289 g/mol. The molecular formula is C12H8FN5O3. The number of rotatable bonds is 4. The Bertz CT molecular complexity index is 820. The average Bonchev–Trinajstić information content (AvgIpc) is 2.88. The molecule has 0 aliphatic carbocycles. The van der Waals surface area contributed by atoms with Crippen molar-refractivity contribution in [2.24, 2.45) is 0 Å². The van der Waals surface area contributed by atoms with Crippen molar-refractivity contribution in [3.05, 3.63) is 58.4 Å². The quantitative estimate of drug-likeness (QED) is 0.536. The standard InChI is InChI=1S/C12H8FN5O3/c13-9-3-1-2-4-10(9)21-7-11-15-12-14-5-8(18(19)20)6-17(12)16-11/h1-6H,7H2. The van der Waals surface area contributed by atoms with Crippen molar-refractivity contribution in [2.75, 3.05) is 0 Å². The normalized spacial score (nSPS) is 10.7. The number of nitrogens with zero attached hydrogens (tertiary/aromatic N) is 5. The van der Waals surface area contributed by atoms with Gasteiger partial charge >= 0.3 is 5.69 Å². The van der Waals surface area contributed by atoms with Gasteiger partial charge in [0.25, 0.3) is 5.78 Å². The molecule has 2 aromatic heterocycles. The minimum Gasteiger partial charge on any atom is -0.482 e. The van der Waals surface area contributed by atoms with Crippen LogP contribution >= 0.6 is 0 Å². The highest BCUT2D eigenvalue weighted by Gasteiger charge is 2.12. The summed E-state index contributed by atoms with van der Waals surface area (Å²) in [4.78, 5) is 17.9. The molecule has 0 aliphatic rings. The third-order valence-electron chi connectivity index (χ3n) is 2.63. The third kappa shape index (κ3) is 2.61. The number of ether oxygens (including phenoxy) is 1. The van der Waals surface area contributed by atoms with E-state index < -0.39 is 10.7 Å². The molecule has 8 nitrogen and oxygen atoms in total. The molecule has 0 saturated heterocycles. The number of fused-ring (bicyclic) bond motifs is 1. The first-order chi connectivity index (χ1) is 10.1. The minimum atomic E-state index is -0.580. The maximum absolute atomic E-state index is 13.4. The summed E-state index contributed by atoms with van der Waals surface area (Å²) in [6, 6.07) is 5.94. The third-order valence-corrected chi connectivity index (χ3v) is 2.63. The van der Waals surface area contributed by atoms with Crippen molar-refractivity contribution in [2.45, 2.75) is 6.61 Å². The first kappa shape index (κ1) is 12.9. The molecule has 9 heteroatoms. The molecule has 0 unspecified atom stereocenters. The number of hydrogen-bond donors (Lipinski definition) is 0. The number of nitro groups is 1. The van der Waals surface area contributed by atoms with Crippen LogP contribution in [0.25, 0.3) is 5.78 Å². The van der Waals surface area contributed by atoms with E-state index in [1.165, 1.54) is 22.8 Å². The predicted octanol–water partition coefficient (Wildman–Crippen LogP) is 1.75. The second kappa shape index (κ2) is 5.12. The molecule has 2 heterocycles. The molecule has 0 radical (unpaired) electrons. The van der Waals surface area contributed by atoms with Gasteiger partial charge in [-0.3, -0.25) is 10.1 Å². The first-order valence-corrected chi connectivity index (χ1v) is 5.86. The highest BCUT2D eigenvalue weighted by atomic mass is 19.1. The van der Waals surface area contributed by atoms with Gasteiger partial charge in [-0.25, -0.2) is 9.37 Å². The predicted molar refractivity (Wildman–Crippen MR) is 68.2 cm³/mol. The summed E-state index contributed by atoms with van der Waals surface area (Å²) in [7, 11) is 0. The molecule has 1 aromatic carbocycles. The molecule has 0 saturated carbocycles. The van der Waals surface area contributed by atoms with Gasteiger partial charge in [0, 0.05) is 0 Å². The van der Waals surface area contributed by atoms with Crippen LogP contribution < -0.4 is 4.74 Å². The van der Waals surface area contributed by atoms with Crippen LogP contribution in [0.4, 0.5) is 10.1 Å². The topological polar surface area (TPSA) is 95.5 Å². The van der Waals surface area contributed by atoms with E-state index in [-0.39, 0.29) is 29.6 Å². The van der Waals surface area contributed by atoms with Gasteiger partial charge in [0.15, 0.2) is 17.4 Å². The fourth-order valence-corrected chi connectivity index (χ4v) is 1.67. The lowest BCUT2D eigenvalue weighted by molar-refractivity contribution is -0.385. The van der Waals surface area contributed by atoms with Gasteiger partial charge in [0.05, 0.1) is 4.92 Å². The Morgan fingerprint density at radius 3 is 2.95 bits per heavy atom. The van der Waals surface area contributed by atoms with E-state index in [1.807, 2.05) is 0 Å². The molecule has 3 aromatic rings. The molecule has 106 valence electrons. The summed E-state index contributed by atoms with van der Waals surface area (Å²) < 4.78 is 19.8. The van der Waals surface area contributed by atoms with Crippen LogP contribution in [0.15, 0.2) is 36.7 Å². The molecule has 0 fully saturated rings. The fourth-order valence-electron chi connectivity index (χ4n) is 1.67. The van der Waals surface area contributed by atoms with Crippen LogP contribution in [-0.2, 0) is 6.61 Å². The number of halogens is 1. The van der Waals surface area contributed by atoms with Crippen molar-refractivity contribution in [1.29, 1.82) is 0 Å². The highest BCUT2D eigenvalue weighted by Crippen LogP contribution is 2.16. The minimum absolute atomic E-state index is 0.0713. The summed E-state index contributed by atoms with van der Waals surface area (Å²) in [6.07, 6.45) is 2.29. The van der Waals surface area contributed by atoms with Gasteiger partial charge < -0.3 is 4.74 Å².